The van der Waals surface area contributed by atoms with Gasteiger partial charge >= 0.3 is 0 Å². The van der Waals surface area contributed by atoms with E-state index in [-0.39, 0.29) is 12.6 Å². The number of hydrogen-bond donors (Lipinski definition) is 2. The van der Waals surface area contributed by atoms with Crippen LogP contribution in [-0.4, -0.2) is 17.8 Å². The molecule has 0 spiro atoms. The van der Waals surface area contributed by atoms with Gasteiger partial charge in [0.2, 0.25) is 0 Å². The van der Waals surface area contributed by atoms with Crippen LogP contribution in [0, 0.1) is 0 Å². The van der Waals surface area contributed by atoms with Crippen LogP contribution in [0.2, 0.25) is 5.02 Å². The van der Waals surface area contributed by atoms with Gasteiger partial charge in [-0.25, -0.2) is 0 Å². The maximum absolute atomic E-state index is 8.80. The molecule has 2 atom stereocenters. The third kappa shape index (κ3) is 4.20. The molecule has 84 valence electrons. The lowest BCUT2D eigenvalue weighted by Crippen LogP contribution is -2.29. The highest BCUT2D eigenvalue weighted by molar-refractivity contribution is 6.30. The van der Waals surface area contributed by atoms with Crippen LogP contribution < -0.4 is 5.32 Å². The standard InChI is InChI=1S/C12H18ClNO/c1-9(6-7-15)14-10(2)11-4-3-5-12(13)8-11/h3-5,8-10,14-15H,6-7H2,1-2H3/t9-,10?/m1/s1. The quantitative estimate of drug-likeness (QED) is 0.811. The Hall–Kier alpha value is -0.570. The van der Waals surface area contributed by atoms with Crippen molar-refractivity contribution < 1.29 is 5.11 Å². The van der Waals surface area contributed by atoms with E-state index >= 15 is 0 Å². The van der Waals surface area contributed by atoms with Crippen LogP contribution in [0.5, 0.6) is 0 Å². The minimum atomic E-state index is 0.219. The van der Waals surface area contributed by atoms with Crippen molar-refractivity contribution in [2.75, 3.05) is 6.61 Å². The Kier molecular flexibility index (Phi) is 5.09. The zero-order valence-electron chi connectivity index (χ0n) is 9.20. The molecule has 0 saturated carbocycles. The summed E-state index contributed by atoms with van der Waals surface area (Å²) in [5.41, 5.74) is 1.17. The summed E-state index contributed by atoms with van der Waals surface area (Å²) >= 11 is 5.92. The molecule has 2 N–H and O–H groups in total. The first-order valence-corrected chi connectivity index (χ1v) is 5.63. The fraction of sp³-hybridized carbons (Fsp3) is 0.500. The maximum Gasteiger partial charge on any atom is 0.0445 e. The molecule has 0 aliphatic rings. The molecular formula is C12H18ClNO. The van der Waals surface area contributed by atoms with Crippen molar-refractivity contribution in [3.8, 4) is 0 Å². The Bertz CT molecular complexity index is 303. The normalized spacial score (nSPS) is 14.9. The van der Waals surface area contributed by atoms with E-state index in [0.29, 0.717) is 6.04 Å². The van der Waals surface area contributed by atoms with Crippen molar-refractivity contribution >= 4 is 11.6 Å². The number of aliphatic hydroxyl groups is 1. The monoisotopic (exact) mass is 227 g/mol. The molecule has 1 rings (SSSR count). The fourth-order valence-corrected chi connectivity index (χ4v) is 1.77. The molecular weight excluding hydrogens is 210 g/mol. The lowest BCUT2D eigenvalue weighted by molar-refractivity contribution is 0.264. The molecule has 3 heteroatoms. The number of benzene rings is 1. The second-order valence-corrected chi connectivity index (χ2v) is 4.29. The molecule has 0 saturated heterocycles. The van der Waals surface area contributed by atoms with E-state index in [2.05, 4.69) is 25.2 Å². The third-order valence-electron chi connectivity index (χ3n) is 2.45. The van der Waals surface area contributed by atoms with E-state index in [1.165, 1.54) is 5.56 Å². The van der Waals surface area contributed by atoms with Gasteiger partial charge in [-0.05, 0) is 38.0 Å². The van der Waals surface area contributed by atoms with Crippen molar-refractivity contribution in [3.05, 3.63) is 34.9 Å². The highest BCUT2D eigenvalue weighted by atomic mass is 35.5. The Balaban J connectivity index is 2.56. The van der Waals surface area contributed by atoms with E-state index in [4.69, 9.17) is 16.7 Å². The first-order chi connectivity index (χ1) is 7.13. The van der Waals surface area contributed by atoms with Crippen LogP contribution in [0.25, 0.3) is 0 Å². The Labute approximate surface area is 96.3 Å². The third-order valence-corrected chi connectivity index (χ3v) is 2.68. The largest absolute Gasteiger partial charge is 0.396 e. The Morgan fingerprint density at radius 3 is 2.73 bits per heavy atom. The van der Waals surface area contributed by atoms with Gasteiger partial charge in [0.05, 0.1) is 0 Å². The first-order valence-electron chi connectivity index (χ1n) is 5.26. The van der Waals surface area contributed by atoms with Crippen LogP contribution >= 0.6 is 11.6 Å². The van der Waals surface area contributed by atoms with Crippen molar-refractivity contribution in [1.82, 2.24) is 5.32 Å². The summed E-state index contributed by atoms with van der Waals surface area (Å²) < 4.78 is 0. The number of aliphatic hydroxyl groups excluding tert-OH is 1. The van der Waals surface area contributed by atoms with Gasteiger partial charge in [-0.2, -0.15) is 0 Å². The van der Waals surface area contributed by atoms with E-state index in [1.807, 2.05) is 18.2 Å². The van der Waals surface area contributed by atoms with E-state index in [9.17, 15) is 0 Å². The summed E-state index contributed by atoms with van der Waals surface area (Å²) in [5, 5.41) is 13.0. The van der Waals surface area contributed by atoms with Crippen LogP contribution in [0.1, 0.15) is 31.9 Å². The summed E-state index contributed by atoms with van der Waals surface area (Å²) in [6, 6.07) is 8.40. The summed E-state index contributed by atoms with van der Waals surface area (Å²) in [6.07, 6.45) is 0.769. The SMILES string of the molecule is CC(N[C@H](C)CCO)c1cccc(Cl)c1. The van der Waals surface area contributed by atoms with Gasteiger partial charge in [0.15, 0.2) is 0 Å². The van der Waals surface area contributed by atoms with Crippen molar-refractivity contribution in [2.24, 2.45) is 0 Å². The number of halogens is 1. The molecule has 0 fully saturated rings. The topological polar surface area (TPSA) is 32.3 Å². The number of rotatable bonds is 5. The molecule has 1 aromatic carbocycles. The fourth-order valence-electron chi connectivity index (χ4n) is 1.58. The maximum atomic E-state index is 8.80. The highest BCUT2D eigenvalue weighted by Crippen LogP contribution is 2.17. The second kappa shape index (κ2) is 6.11. The Morgan fingerprint density at radius 2 is 2.13 bits per heavy atom. The minimum Gasteiger partial charge on any atom is -0.396 e. The van der Waals surface area contributed by atoms with Crippen molar-refractivity contribution in [3.63, 3.8) is 0 Å². The summed E-state index contributed by atoms with van der Waals surface area (Å²) in [7, 11) is 0. The molecule has 15 heavy (non-hydrogen) atoms. The van der Waals surface area contributed by atoms with Crippen LogP contribution in [-0.2, 0) is 0 Å². The Morgan fingerprint density at radius 1 is 1.40 bits per heavy atom. The lowest BCUT2D eigenvalue weighted by Gasteiger charge is -2.19. The molecule has 0 amide bonds. The predicted octanol–water partition coefficient (Wildman–Crippen LogP) is 2.76. The van der Waals surface area contributed by atoms with E-state index < -0.39 is 0 Å². The summed E-state index contributed by atoms with van der Waals surface area (Å²) in [6.45, 7) is 4.38. The molecule has 1 unspecified atom stereocenters. The molecule has 0 aromatic heterocycles. The molecule has 0 bridgehead atoms. The van der Waals surface area contributed by atoms with Gasteiger partial charge in [-0.1, -0.05) is 23.7 Å². The van der Waals surface area contributed by atoms with Crippen LogP contribution in [0.4, 0.5) is 0 Å². The highest BCUT2D eigenvalue weighted by Gasteiger charge is 2.08. The average Bonchev–Trinajstić information content (AvgIpc) is 2.18. The minimum absolute atomic E-state index is 0.219. The molecule has 1 aromatic rings. The number of hydrogen-bond acceptors (Lipinski definition) is 2. The summed E-state index contributed by atoms with van der Waals surface area (Å²) in [5.74, 6) is 0. The second-order valence-electron chi connectivity index (χ2n) is 3.86. The zero-order chi connectivity index (χ0) is 11.3. The lowest BCUT2D eigenvalue weighted by atomic mass is 10.1. The molecule has 0 aliphatic carbocycles. The predicted molar refractivity (Wildman–Crippen MR) is 64.2 cm³/mol. The van der Waals surface area contributed by atoms with Gasteiger partial charge in [-0.3, -0.25) is 0 Å². The van der Waals surface area contributed by atoms with Crippen molar-refractivity contribution in [1.29, 1.82) is 0 Å². The van der Waals surface area contributed by atoms with Gasteiger partial charge < -0.3 is 10.4 Å². The summed E-state index contributed by atoms with van der Waals surface area (Å²) in [4.78, 5) is 0. The van der Waals surface area contributed by atoms with Crippen LogP contribution in [0.3, 0.4) is 0 Å². The van der Waals surface area contributed by atoms with E-state index in [1.54, 1.807) is 0 Å². The molecule has 0 aliphatic heterocycles. The first kappa shape index (κ1) is 12.5. The molecule has 0 radical (unpaired) electrons. The van der Waals surface area contributed by atoms with Crippen LogP contribution in [0.15, 0.2) is 24.3 Å². The van der Waals surface area contributed by atoms with Crippen molar-refractivity contribution in [2.45, 2.75) is 32.4 Å². The smallest absolute Gasteiger partial charge is 0.0445 e. The number of nitrogens with one attached hydrogen (secondary N) is 1. The zero-order valence-corrected chi connectivity index (χ0v) is 9.96. The molecule has 0 heterocycles. The molecule has 2 nitrogen and oxygen atoms in total. The van der Waals surface area contributed by atoms with Gasteiger partial charge in [0.25, 0.3) is 0 Å². The van der Waals surface area contributed by atoms with Gasteiger partial charge in [0.1, 0.15) is 0 Å². The van der Waals surface area contributed by atoms with E-state index in [0.717, 1.165) is 11.4 Å². The van der Waals surface area contributed by atoms with Gasteiger partial charge in [0, 0.05) is 23.7 Å². The average molecular weight is 228 g/mol. The van der Waals surface area contributed by atoms with Gasteiger partial charge in [-0.15, -0.1) is 0 Å².